The Morgan fingerprint density at radius 2 is 2.11 bits per heavy atom. The second kappa shape index (κ2) is 5.68. The first kappa shape index (κ1) is 12.6. The molecule has 1 aromatic heterocycles. The fourth-order valence-corrected chi connectivity index (χ4v) is 1.96. The second-order valence-electron chi connectivity index (χ2n) is 3.72. The van der Waals surface area contributed by atoms with Crippen molar-refractivity contribution in [1.29, 1.82) is 0 Å². The standard InChI is InChI=1S/C12H12N2O3S/c1-8(11(15)16)18-12-14-13-10(17-12)7-9-5-3-2-4-6-9/h2-6,8H,7H2,1H3,(H,15,16). The van der Waals surface area contributed by atoms with Crippen molar-refractivity contribution in [1.82, 2.24) is 10.2 Å². The minimum Gasteiger partial charge on any atom is -0.480 e. The zero-order valence-electron chi connectivity index (χ0n) is 9.74. The number of carboxylic acid groups (broad SMARTS) is 1. The molecule has 1 N–H and O–H groups in total. The highest BCUT2D eigenvalue weighted by Crippen LogP contribution is 2.22. The van der Waals surface area contributed by atoms with Crippen molar-refractivity contribution in [3.05, 3.63) is 41.8 Å². The van der Waals surface area contributed by atoms with Crippen LogP contribution >= 0.6 is 11.8 Å². The highest BCUT2D eigenvalue weighted by molar-refractivity contribution is 8.00. The Kier molecular flexibility index (Phi) is 3.99. The van der Waals surface area contributed by atoms with E-state index >= 15 is 0 Å². The molecule has 0 spiro atoms. The highest BCUT2D eigenvalue weighted by Gasteiger charge is 2.17. The van der Waals surface area contributed by atoms with Crippen molar-refractivity contribution in [2.24, 2.45) is 0 Å². The summed E-state index contributed by atoms with van der Waals surface area (Å²) < 4.78 is 5.39. The number of thioether (sulfide) groups is 1. The molecular formula is C12H12N2O3S. The molecule has 6 heteroatoms. The summed E-state index contributed by atoms with van der Waals surface area (Å²) in [6.45, 7) is 1.58. The number of nitrogens with zero attached hydrogens (tertiary/aromatic N) is 2. The summed E-state index contributed by atoms with van der Waals surface area (Å²) in [5.74, 6) is -0.413. The first-order chi connectivity index (χ1) is 8.65. The van der Waals surface area contributed by atoms with Crippen molar-refractivity contribution in [2.45, 2.75) is 23.8 Å². The predicted molar refractivity (Wildman–Crippen MR) is 66.5 cm³/mol. The third-order valence-corrected chi connectivity index (χ3v) is 3.19. The van der Waals surface area contributed by atoms with Gasteiger partial charge in [-0.1, -0.05) is 42.1 Å². The van der Waals surface area contributed by atoms with Crippen molar-refractivity contribution in [2.75, 3.05) is 0 Å². The maximum absolute atomic E-state index is 10.7. The Hall–Kier alpha value is -1.82. The zero-order valence-corrected chi connectivity index (χ0v) is 10.6. The molecule has 0 aliphatic heterocycles. The van der Waals surface area contributed by atoms with E-state index in [-0.39, 0.29) is 5.22 Å². The highest BCUT2D eigenvalue weighted by atomic mass is 32.2. The van der Waals surface area contributed by atoms with Crippen molar-refractivity contribution >= 4 is 17.7 Å². The number of carbonyl (C=O) groups is 1. The number of carboxylic acids is 1. The lowest BCUT2D eigenvalue weighted by molar-refractivity contribution is -0.136. The van der Waals surface area contributed by atoms with Crippen molar-refractivity contribution in [3.63, 3.8) is 0 Å². The monoisotopic (exact) mass is 264 g/mol. The van der Waals surface area contributed by atoms with Gasteiger partial charge in [0.25, 0.3) is 5.22 Å². The lowest BCUT2D eigenvalue weighted by atomic mass is 10.2. The lowest BCUT2D eigenvalue weighted by Crippen LogP contribution is -2.10. The van der Waals surface area contributed by atoms with Gasteiger partial charge in [-0.05, 0) is 12.5 Å². The van der Waals surface area contributed by atoms with E-state index in [1.165, 1.54) is 0 Å². The fraction of sp³-hybridized carbons (Fsp3) is 0.250. The molecule has 2 aromatic rings. The summed E-state index contributed by atoms with van der Waals surface area (Å²) in [5.41, 5.74) is 1.07. The quantitative estimate of drug-likeness (QED) is 0.834. The zero-order chi connectivity index (χ0) is 13.0. The molecule has 0 fully saturated rings. The van der Waals surface area contributed by atoms with Gasteiger partial charge >= 0.3 is 5.97 Å². The number of rotatable bonds is 5. The molecule has 94 valence electrons. The molecule has 0 aliphatic carbocycles. The summed E-state index contributed by atoms with van der Waals surface area (Å²) in [6, 6.07) is 9.75. The van der Waals surface area contributed by atoms with E-state index < -0.39 is 11.2 Å². The van der Waals surface area contributed by atoms with E-state index in [0.717, 1.165) is 17.3 Å². The Morgan fingerprint density at radius 3 is 2.78 bits per heavy atom. The maximum Gasteiger partial charge on any atom is 0.316 e. The van der Waals surface area contributed by atoms with Crippen LogP contribution < -0.4 is 0 Å². The van der Waals surface area contributed by atoms with Crippen LogP contribution in [0, 0.1) is 0 Å². The van der Waals surface area contributed by atoms with Crippen LogP contribution in [0.25, 0.3) is 0 Å². The number of aliphatic carboxylic acids is 1. The first-order valence-corrected chi connectivity index (χ1v) is 6.29. The molecule has 18 heavy (non-hydrogen) atoms. The molecule has 1 aromatic carbocycles. The molecule has 0 saturated heterocycles. The van der Waals surface area contributed by atoms with E-state index in [4.69, 9.17) is 9.52 Å². The van der Waals surface area contributed by atoms with Gasteiger partial charge in [0.1, 0.15) is 5.25 Å². The van der Waals surface area contributed by atoms with Crippen LogP contribution in [0.15, 0.2) is 40.0 Å². The normalized spacial score (nSPS) is 12.3. The van der Waals surface area contributed by atoms with Crippen LogP contribution in [-0.4, -0.2) is 26.5 Å². The van der Waals surface area contributed by atoms with Crippen LogP contribution in [-0.2, 0) is 11.2 Å². The van der Waals surface area contributed by atoms with E-state index in [1.807, 2.05) is 30.3 Å². The predicted octanol–water partition coefficient (Wildman–Crippen LogP) is 2.23. The lowest BCUT2D eigenvalue weighted by Gasteiger charge is -1.99. The molecule has 0 aliphatic rings. The topological polar surface area (TPSA) is 76.2 Å². The summed E-state index contributed by atoms with van der Waals surface area (Å²) in [5, 5.41) is 16.2. The molecule has 0 amide bonds. The van der Waals surface area contributed by atoms with Gasteiger partial charge in [-0.25, -0.2) is 0 Å². The van der Waals surface area contributed by atoms with Crippen LogP contribution in [0.3, 0.4) is 0 Å². The van der Waals surface area contributed by atoms with E-state index in [0.29, 0.717) is 12.3 Å². The van der Waals surface area contributed by atoms with E-state index in [2.05, 4.69) is 10.2 Å². The van der Waals surface area contributed by atoms with Crippen LogP contribution in [0.2, 0.25) is 0 Å². The van der Waals surface area contributed by atoms with Crippen molar-refractivity contribution in [3.8, 4) is 0 Å². The van der Waals surface area contributed by atoms with Gasteiger partial charge in [-0.15, -0.1) is 10.2 Å². The Labute approximate surface area is 108 Å². The first-order valence-electron chi connectivity index (χ1n) is 5.41. The molecule has 0 bridgehead atoms. The number of hydrogen-bond donors (Lipinski definition) is 1. The van der Waals surface area contributed by atoms with Gasteiger partial charge in [0.05, 0.1) is 6.42 Å². The Morgan fingerprint density at radius 1 is 1.39 bits per heavy atom. The summed E-state index contributed by atoms with van der Waals surface area (Å²) >= 11 is 1.04. The van der Waals surface area contributed by atoms with Crippen molar-refractivity contribution < 1.29 is 14.3 Å². The molecule has 1 heterocycles. The average Bonchev–Trinajstić information content (AvgIpc) is 2.77. The number of aromatic nitrogens is 2. The molecular weight excluding hydrogens is 252 g/mol. The van der Waals surface area contributed by atoms with Gasteiger partial charge in [-0.3, -0.25) is 4.79 Å². The SMILES string of the molecule is CC(Sc1nnc(Cc2ccccc2)o1)C(=O)O. The van der Waals surface area contributed by atoms with Gasteiger partial charge in [0.15, 0.2) is 0 Å². The van der Waals surface area contributed by atoms with Crippen LogP contribution in [0.4, 0.5) is 0 Å². The van der Waals surface area contributed by atoms with Gasteiger partial charge in [-0.2, -0.15) is 0 Å². The van der Waals surface area contributed by atoms with Gasteiger partial charge < -0.3 is 9.52 Å². The third-order valence-electron chi connectivity index (χ3n) is 2.27. The number of benzene rings is 1. The minimum absolute atomic E-state index is 0.288. The smallest absolute Gasteiger partial charge is 0.316 e. The van der Waals surface area contributed by atoms with E-state index in [9.17, 15) is 4.79 Å². The molecule has 0 radical (unpaired) electrons. The minimum atomic E-state index is -0.900. The molecule has 1 atom stereocenters. The Balaban J connectivity index is 2.00. The third kappa shape index (κ3) is 3.33. The van der Waals surface area contributed by atoms with Crippen LogP contribution in [0.1, 0.15) is 18.4 Å². The van der Waals surface area contributed by atoms with Gasteiger partial charge in [0, 0.05) is 0 Å². The summed E-state index contributed by atoms with van der Waals surface area (Å²) in [7, 11) is 0. The fourth-order valence-electron chi connectivity index (χ4n) is 1.33. The largest absolute Gasteiger partial charge is 0.480 e. The van der Waals surface area contributed by atoms with Crippen LogP contribution in [0.5, 0.6) is 0 Å². The maximum atomic E-state index is 10.7. The van der Waals surface area contributed by atoms with Gasteiger partial charge in [0.2, 0.25) is 5.89 Å². The Bertz CT molecular complexity index is 527. The number of hydrogen-bond acceptors (Lipinski definition) is 5. The molecule has 5 nitrogen and oxygen atoms in total. The summed E-state index contributed by atoms with van der Waals surface area (Å²) in [4.78, 5) is 10.7. The molecule has 1 unspecified atom stereocenters. The molecule has 2 rings (SSSR count). The average molecular weight is 264 g/mol. The summed E-state index contributed by atoms with van der Waals surface area (Å²) in [6.07, 6.45) is 0.551. The second-order valence-corrected chi connectivity index (χ2v) is 5.01. The molecule has 0 saturated carbocycles. The van der Waals surface area contributed by atoms with E-state index in [1.54, 1.807) is 6.92 Å².